The molecule has 5 aromatic rings. The molecular formula is C30H26N4O4S. The van der Waals surface area contributed by atoms with Crippen LogP contribution in [0.4, 0.5) is 0 Å². The molecule has 0 aliphatic rings. The van der Waals surface area contributed by atoms with Gasteiger partial charge in [0.1, 0.15) is 18.0 Å². The van der Waals surface area contributed by atoms with Gasteiger partial charge in [-0.25, -0.2) is 10.4 Å². The Balaban J connectivity index is 1.26. The lowest BCUT2D eigenvalue weighted by Crippen LogP contribution is -2.30. The third kappa shape index (κ3) is 5.89. The molecule has 0 fully saturated rings. The summed E-state index contributed by atoms with van der Waals surface area (Å²) in [5, 5.41) is 4.56. The topological polar surface area (TPSA) is 94.8 Å². The minimum Gasteiger partial charge on any atom is -0.493 e. The molecule has 5 rings (SSSR count). The average molecular weight is 539 g/mol. The Bertz CT molecular complexity index is 1700. The molecule has 1 amide bonds. The first-order valence-corrected chi connectivity index (χ1v) is 13.1. The molecular weight excluding hydrogens is 512 g/mol. The molecule has 0 atom stereocenters. The molecule has 0 aliphatic carbocycles. The first-order valence-electron chi connectivity index (χ1n) is 12.2. The Labute approximate surface area is 229 Å². The van der Waals surface area contributed by atoms with E-state index in [1.54, 1.807) is 19.2 Å². The van der Waals surface area contributed by atoms with Crippen LogP contribution in [0.5, 0.6) is 11.5 Å². The number of methoxy groups -OCH3 is 1. The number of hydrogen-bond acceptors (Lipinski definition) is 7. The lowest BCUT2D eigenvalue weighted by molar-refractivity contribution is -0.121. The normalized spacial score (nSPS) is 11.1. The third-order valence-corrected chi connectivity index (χ3v) is 7.07. The molecule has 0 unspecified atom stereocenters. The molecule has 0 radical (unpaired) electrons. The van der Waals surface area contributed by atoms with Crippen molar-refractivity contribution < 1.29 is 14.3 Å². The number of ether oxygens (including phenoxy) is 2. The number of fused-ring (bicyclic) bond motifs is 1. The quantitative estimate of drug-likeness (QED) is 0.206. The standard InChI is InChI=1S/C30H26N4O4S/c1-20-27(23-11-7-4-8-12-23)28-29(39-20)31-19-34(30(28)36)17-26(35)33-32-16-22-13-14-24(25(15-22)37-2)38-18-21-9-5-3-6-10-21/h3-16,19H,17-18H2,1-2H3,(H,33,35). The highest BCUT2D eigenvalue weighted by Crippen LogP contribution is 2.35. The van der Waals surface area contributed by atoms with Gasteiger partial charge in [0.25, 0.3) is 11.5 Å². The maximum atomic E-state index is 13.3. The van der Waals surface area contributed by atoms with Gasteiger partial charge in [0, 0.05) is 10.4 Å². The Hall–Kier alpha value is -4.76. The van der Waals surface area contributed by atoms with Crippen LogP contribution in [-0.4, -0.2) is 28.8 Å². The van der Waals surface area contributed by atoms with E-state index in [0.717, 1.165) is 21.6 Å². The van der Waals surface area contributed by atoms with E-state index in [1.165, 1.54) is 28.4 Å². The monoisotopic (exact) mass is 538 g/mol. The van der Waals surface area contributed by atoms with Crippen LogP contribution >= 0.6 is 11.3 Å². The van der Waals surface area contributed by atoms with Crippen LogP contribution in [0.1, 0.15) is 16.0 Å². The van der Waals surface area contributed by atoms with Crippen LogP contribution in [0.15, 0.2) is 95.1 Å². The van der Waals surface area contributed by atoms with E-state index in [-0.39, 0.29) is 12.1 Å². The summed E-state index contributed by atoms with van der Waals surface area (Å²) in [5.41, 5.74) is 5.77. The highest BCUT2D eigenvalue weighted by Gasteiger charge is 2.17. The Morgan fingerprint density at radius 2 is 1.79 bits per heavy atom. The molecule has 0 saturated carbocycles. The van der Waals surface area contributed by atoms with E-state index in [1.807, 2.05) is 73.7 Å². The first-order chi connectivity index (χ1) is 19.0. The maximum Gasteiger partial charge on any atom is 0.263 e. The number of carbonyl (C=O) groups is 1. The summed E-state index contributed by atoms with van der Waals surface area (Å²) >= 11 is 1.46. The van der Waals surface area contributed by atoms with Gasteiger partial charge in [0.05, 0.1) is 25.0 Å². The predicted octanol–water partition coefficient (Wildman–Crippen LogP) is 5.17. The molecule has 9 heteroatoms. The SMILES string of the molecule is COc1cc(C=NNC(=O)Cn2cnc3sc(C)c(-c4ccccc4)c3c2=O)ccc1OCc1ccccc1. The van der Waals surface area contributed by atoms with E-state index in [2.05, 4.69) is 15.5 Å². The summed E-state index contributed by atoms with van der Waals surface area (Å²) < 4.78 is 12.6. The molecule has 2 aromatic heterocycles. The van der Waals surface area contributed by atoms with Crippen LogP contribution in [0.25, 0.3) is 21.3 Å². The second kappa shape index (κ2) is 11.7. The van der Waals surface area contributed by atoms with Crippen molar-refractivity contribution in [2.45, 2.75) is 20.1 Å². The molecule has 0 bridgehead atoms. The fraction of sp³-hybridized carbons (Fsp3) is 0.133. The minimum absolute atomic E-state index is 0.210. The number of hydrogen-bond donors (Lipinski definition) is 1. The Morgan fingerprint density at radius 3 is 2.54 bits per heavy atom. The average Bonchev–Trinajstić information content (AvgIpc) is 3.31. The van der Waals surface area contributed by atoms with Gasteiger partial charge < -0.3 is 9.47 Å². The van der Waals surface area contributed by atoms with Crippen molar-refractivity contribution in [3.8, 4) is 22.6 Å². The number of carbonyl (C=O) groups excluding carboxylic acids is 1. The summed E-state index contributed by atoms with van der Waals surface area (Å²) in [4.78, 5) is 32.0. The second-order valence-corrected chi connectivity index (χ2v) is 9.94. The van der Waals surface area contributed by atoms with Gasteiger partial charge in [-0.15, -0.1) is 11.3 Å². The van der Waals surface area contributed by atoms with Crippen LogP contribution in [0.3, 0.4) is 0 Å². The first kappa shape index (κ1) is 25.9. The zero-order valence-electron chi connectivity index (χ0n) is 21.5. The number of rotatable bonds is 9. The summed E-state index contributed by atoms with van der Waals surface area (Å²) in [5.74, 6) is 0.702. The zero-order valence-corrected chi connectivity index (χ0v) is 22.3. The van der Waals surface area contributed by atoms with E-state index < -0.39 is 5.91 Å². The number of aromatic nitrogens is 2. The van der Waals surface area contributed by atoms with Gasteiger partial charge in [-0.1, -0.05) is 60.7 Å². The summed E-state index contributed by atoms with van der Waals surface area (Å²) in [6.07, 6.45) is 2.90. The van der Waals surface area contributed by atoms with Crippen LogP contribution in [0.2, 0.25) is 0 Å². The highest BCUT2D eigenvalue weighted by atomic mass is 32.1. The molecule has 0 aliphatic heterocycles. The number of hydrazone groups is 1. The number of aryl methyl sites for hydroxylation is 1. The molecule has 0 saturated heterocycles. The fourth-order valence-corrected chi connectivity index (χ4v) is 5.19. The van der Waals surface area contributed by atoms with E-state index in [0.29, 0.717) is 33.9 Å². The lowest BCUT2D eigenvalue weighted by Gasteiger charge is -2.11. The van der Waals surface area contributed by atoms with E-state index in [4.69, 9.17) is 9.47 Å². The van der Waals surface area contributed by atoms with Crippen molar-refractivity contribution in [1.82, 2.24) is 15.0 Å². The summed E-state index contributed by atoms with van der Waals surface area (Å²) in [6, 6.07) is 24.9. The molecule has 3 aromatic carbocycles. The molecule has 196 valence electrons. The van der Waals surface area contributed by atoms with Gasteiger partial charge in [0.15, 0.2) is 11.5 Å². The van der Waals surface area contributed by atoms with Crippen molar-refractivity contribution in [2.24, 2.45) is 5.10 Å². The van der Waals surface area contributed by atoms with Crippen molar-refractivity contribution >= 4 is 33.7 Å². The van der Waals surface area contributed by atoms with Crippen LogP contribution < -0.4 is 20.5 Å². The van der Waals surface area contributed by atoms with Crippen molar-refractivity contribution in [3.63, 3.8) is 0 Å². The maximum absolute atomic E-state index is 13.3. The molecule has 0 spiro atoms. The second-order valence-electron chi connectivity index (χ2n) is 8.73. The molecule has 1 N–H and O–H groups in total. The Kier molecular flexibility index (Phi) is 7.79. The number of nitrogens with zero attached hydrogens (tertiary/aromatic N) is 3. The van der Waals surface area contributed by atoms with Crippen molar-refractivity contribution in [1.29, 1.82) is 0 Å². The summed E-state index contributed by atoms with van der Waals surface area (Å²) in [7, 11) is 1.56. The third-order valence-electron chi connectivity index (χ3n) is 6.06. The van der Waals surface area contributed by atoms with Crippen molar-refractivity contribution in [3.05, 3.63) is 112 Å². The van der Waals surface area contributed by atoms with E-state index >= 15 is 0 Å². The molecule has 2 heterocycles. The predicted molar refractivity (Wildman–Crippen MR) is 154 cm³/mol. The smallest absolute Gasteiger partial charge is 0.263 e. The van der Waals surface area contributed by atoms with Gasteiger partial charge in [0.2, 0.25) is 0 Å². The molecule has 8 nitrogen and oxygen atoms in total. The Morgan fingerprint density at radius 1 is 1.05 bits per heavy atom. The van der Waals surface area contributed by atoms with Gasteiger partial charge >= 0.3 is 0 Å². The fourth-order valence-electron chi connectivity index (χ4n) is 4.19. The van der Waals surface area contributed by atoms with Gasteiger partial charge in [-0.2, -0.15) is 5.10 Å². The number of amides is 1. The number of benzene rings is 3. The highest BCUT2D eigenvalue weighted by molar-refractivity contribution is 7.19. The van der Waals surface area contributed by atoms with E-state index in [9.17, 15) is 9.59 Å². The number of thiophene rings is 1. The largest absolute Gasteiger partial charge is 0.493 e. The van der Waals surface area contributed by atoms with Gasteiger partial charge in [-0.3, -0.25) is 14.2 Å². The van der Waals surface area contributed by atoms with Crippen molar-refractivity contribution in [2.75, 3.05) is 7.11 Å². The number of nitrogens with one attached hydrogen (secondary N) is 1. The van der Waals surface area contributed by atoms with Crippen LogP contribution in [-0.2, 0) is 17.9 Å². The zero-order chi connectivity index (χ0) is 27.2. The molecule has 39 heavy (non-hydrogen) atoms. The lowest BCUT2D eigenvalue weighted by atomic mass is 10.0. The van der Waals surface area contributed by atoms with Gasteiger partial charge in [-0.05, 0) is 41.8 Å². The van der Waals surface area contributed by atoms with Crippen LogP contribution in [0, 0.1) is 6.92 Å². The minimum atomic E-state index is -0.447. The summed E-state index contributed by atoms with van der Waals surface area (Å²) in [6.45, 7) is 2.17.